The Morgan fingerprint density at radius 2 is 1.88 bits per heavy atom. The van der Waals surface area contributed by atoms with Crippen LogP contribution in [0.1, 0.15) is 26.3 Å². The lowest BCUT2D eigenvalue weighted by Gasteiger charge is -2.16. The third-order valence-corrected chi connectivity index (χ3v) is 3.02. The zero-order chi connectivity index (χ0) is 12.8. The summed E-state index contributed by atoms with van der Waals surface area (Å²) in [6.07, 6.45) is 0. The monoisotopic (exact) mass is 233 g/mol. The molecule has 0 saturated carbocycles. The van der Waals surface area contributed by atoms with Gasteiger partial charge in [-0.05, 0) is 31.9 Å². The number of aliphatic carboxylic acids is 1. The fourth-order valence-electron chi connectivity index (χ4n) is 1.51. The van der Waals surface area contributed by atoms with Gasteiger partial charge in [0.05, 0.1) is 0 Å². The summed E-state index contributed by atoms with van der Waals surface area (Å²) in [7, 11) is 0. The van der Waals surface area contributed by atoms with Crippen LogP contribution in [0.3, 0.4) is 0 Å². The van der Waals surface area contributed by atoms with E-state index >= 15 is 0 Å². The number of carboxylic acid groups (broad SMARTS) is 1. The normalized spacial score (nSPS) is 14.1. The first-order valence-corrected chi connectivity index (χ1v) is 5.70. The molecule has 2 N–H and O–H groups in total. The van der Waals surface area contributed by atoms with E-state index in [1.54, 1.807) is 6.92 Å². The molecule has 0 aliphatic carbocycles. The number of carbonyl (C=O) groups is 1. The van der Waals surface area contributed by atoms with Crippen molar-refractivity contribution in [2.45, 2.75) is 33.4 Å². The molecule has 0 fully saturated rings. The zero-order valence-electron chi connectivity index (χ0n) is 10.5. The zero-order valence-corrected chi connectivity index (χ0v) is 10.5. The van der Waals surface area contributed by atoms with Crippen LogP contribution < -0.4 is 5.32 Å². The van der Waals surface area contributed by atoms with E-state index in [0.717, 1.165) is 12.1 Å². The van der Waals surface area contributed by atoms with E-state index in [1.165, 1.54) is 5.56 Å². The van der Waals surface area contributed by atoms with Crippen molar-refractivity contribution in [2.75, 3.05) is 0 Å². The number of nitrogens with one attached hydrogen (secondary N) is 1. The Morgan fingerprint density at radius 3 is 2.41 bits per heavy atom. The summed E-state index contributed by atoms with van der Waals surface area (Å²) in [5.41, 5.74) is 2.48. The molecule has 17 heavy (non-hydrogen) atoms. The van der Waals surface area contributed by atoms with Gasteiger partial charge >= 0.3 is 5.97 Å². The van der Waals surface area contributed by atoms with Crippen molar-refractivity contribution in [3.63, 3.8) is 0 Å². The number of hydrogen-bond donors (Lipinski definition) is 2. The van der Waals surface area contributed by atoms with Gasteiger partial charge in [-0.3, -0.25) is 0 Å². The van der Waals surface area contributed by atoms with Crippen LogP contribution in [0.4, 0.5) is 0 Å². The Kier molecular flexibility index (Phi) is 4.91. The van der Waals surface area contributed by atoms with Crippen molar-refractivity contribution in [3.05, 3.63) is 47.0 Å². The Bertz CT molecular complexity index is 409. The summed E-state index contributed by atoms with van der Waals surface area (Å²) < 4.78 is 0. The predicted molar refractivity (Wildman–Crippen MR) is 68.8 cm³/mol. The Labute approximate surface area is 102 Å². The predicted octanol–water partition coefficient (Wildman–Crippen LogP) is 2.59. The van der Waals surface area contributed by atoms with Crippen molar-refractivity contribution in [3.8, 4) is 0 Å². The molecular formula is C14H19NO2. The summed E-state index contributed by atoms with van der Waals surface area (Å²) >= 11 is 0. The van der Waals surface area contributed by atoms with Gasteiger partial charge in [0, 0.05) is 18.2 Å². The van der Waals surface area contributed by atoms with E-state index in [0.29, 0.717) is 5.57 Å². The quantitative estimate of drug-likeness (QED) is 0.768. The van der Waals surface area contributed by atoms with Crippen molar-refractivity contribution in [2.24, 2.45) is 0 Å². The third-order valence-electron chi connectivity index (χ3n) is 3.02. The lowest BCUT2D eigenvalue weighted by molar-refractivity contribution is -0.132. The highest BCUT2D eigenvalue weighted by atomic mass is 16.4. The minimum atomic E-state index is -0.851. The standard InChI is InChI=1S/C14H19NO2/c1-10(11(2)14(16)17)12(3)15-9-13-7-5-4-6-8-13/h4-8,12,15H,9H2,1-3H3,(H,16,17)/b11-10-. The van der Waals surface area contributed by atoms with Gasteiger partial charge in [-0.2, -0.15) is 0 Å². The molecule has 0 saturated heterocycles. The molecule has 3 heteroatoms. The van der Waals surface area contributed by atoms with Crippen LogP contribution >= 0.6 is 0 Å². The SMILES string of the molecule is C/C(C(=O)O)=C(\C)C(C)NCc1ccccc1. The molecule has 0 aliphatic heterocycles. The van der Waals surface area contributed by atoms with Crippen LogP contribution in [0.2, 0.25) is 0 Å². The maximum absolute atomic E-state index is 10.8. The van der Waals surface area contributed by atoms with Gasteiger partial charge in [0.25, 0.3) is 0 Å². The number of benzene rings is 1. The van der Waals surface area contributed by atoms with Crippen molar-refractivity contribution in [1.82, 2.24) is 5.32 Å². The molecular weight excluding hydrogens is 214 g/mol. The summed E-state index contributed by atoms with van der Waals surface area (Å²) in [5, 5.41) is 12.2. The lowest BCUT2D eigenvalue weighted by atomic mass is 10.0. The van der Waals surface area contributed by atoms with Gasteiger partial charge in [-0.25, -0.2) is 4.79 Å². The van der Waals surface area contributed by atoms with E-state index in [4.69, 9.17) is 5.11 Å². The molecule has 0 amide bonds. The highest BCUT2D eigenvalue weighted by molar-refractivity contribution is 5.86. The fraction of sp³-hybridized carbons (Fsp3) is 0.357. The van der Waals surface area contributed by atoms with Gasteiger partial charge in [-0.1, -0.05) is 30.3 Å². The molecule has 1 unspecified atom stereocenters. The van der Waals surface area contributed by atoms with E-state index < -0.39 is 5.97 Å². The molecule has 0 aromatic heterocycles. The average molecular weight is 233 g/mol. The minimum Gasteiger partial charge on any atom is -0.478 e. The highest BCUT2D eigenvalue weighted by Gasteiger charge is 2.11. The molecule has 1 aromatic carbocycles. The maximum atomic E-state index is 10.8. The van der Waals surface area contributed by atoms with E-state index in [2.05, 4.69) is 5.32 Å². The first-order valence-electron chi connectivity index (χ1n) is 5.70. The first kappa shape index (κ1) is 13.5. The smallest absolute Gasteiger partial charge is 0.331 e. The van der Waals surface area contributed by atoms with Crippen LogP contribution in [0.5, 0.6) is 0 Å². The second-order valence-corrected chi connectivity index (χ2v) is 4.20. The van der Waals surface area contributed by atoms with Gasteiger partial charge in [0.2, 0.25) is 0 Å². The van der Waals surface area contributed by atoms with Crippen LogP contribution in [0.15, 0.2) is 41.5 Å². The Morgan fingerprint density at radius 1 is 1.29 bits per heavy atom. The van der Waals surface area contributed by atoms with Gasteiger partial charge in [0.1, 0.15) is 0 Å². The second-order valence-electron chi connectivity index (χ2n) is 4.20. The maximum Gasteiger partial charge on any atom is 0.331 e. The van der Waals surface area contributed by atoms with Crippen LogP contribution in [0.25, 0.3) is 0 Å². The molecule has 1 aromatic rings. The molecule has 0 heterocycles. The van der Waals surface area contributed by atoms with E-state index in [1.807, 2.05) is 44.2 Å². The summed E-state index contributed by atoms with van der Waals surface area (Å²) in [5.74, 6) is -0.851. The van der Waals surface area contributed by atoms with E-state index in [9.17, 15) is 4.79 Å². The Balaban J connectivity index is 2.59. The highest BCUT2D eigenvalue weighted by Crippen LogP contribution is 2.09. The molecule has 0 aliphatic rings. The van der Waals surface area contributed by atoms with Gasteiger partial charge < -0.3 is 10.4 Å². The molecule has 1 atom stereocenters. The summed E-state index contributed by atoms with van der Waals surface area (Å²) in [6.45, 7) is 6.21. The first-order chi connectivity index (χ1) is 8.02. The van der Waals surface area contributed by atoms with Crippen LogP contribution in [0, 0.1) is 0 Å². The number of rotatable bonds is 5. The molecule has 0 bridgehead atoms. The Hall–Kier alpha value is -1.61. The van der Waals surface area contributed by atoms with Crippen LogP contribution in [-0.2, 0) is 11.3 Å². The third kappa shape index (κ3) is 4.04. The topological polar surface area (TPSA) is 49.3 Å². The summed E-state index contributed by atoms with van der Waals surface area (Å²) in [4.78, 5) is 10.8. The molecule has 1 rings (SSSR count). The van der Waals surface area contributed by atoms with Crippen molar-refractivity contribution in [1.29, 1.82) is 0 Å². The number of carboxylic acids is 1. The van der Waals surface area contributed by atoms with Gasteiger partial charge in [0.15, 0.2) is 0 Å². The lowest BCUT2D eigenvalue weighted by Crippen LogP contribution is -2.28. The molecule has 0 spiro atoms. The fourth-order valence-corrected chi connectivity index (χ4v) is 1.51. The van der Waals surface area contributed by atoms with Crippen LogP contribution in [-0.4, -0.2) is 17.1 Å². The number of hydrogen-bond acceptors (Lipinski definition) is 2. The minimum absolute atomic E-state index is 0.0614. The molecule has 3 nitrogen and oxygen atoms in total. The summed E-state index contributed by atoms with van der Waals surface area (Å²) in [6, 6.07) is 10.1. The molecule has 92 valence electrons. The molecule has 0 radical (unpaired) electrons. The van der Waals surface area contributed by atoms with Crippen molar-refractivity contribution >= 4 is 5.97 Å². The second kappa shape index (κ2) is 6.21. The van der Waals surface area contributed by atoms with Gasteiger partial charge in [-0.15, -0.1) is 0 Å². The van der Waals surface area contributed by atoms with Crippen molar-refractivity contribution < 1.29 is 9.90 Å². The van der Waals surface area contributed by atoms with E-state index in [-0.39, 0.29) is 6.04 Å². The average Bonchev–Trinajstić information content (AvgIpc) is 2.35. The largest absolute Gasteiger partial charge is 0.478 e.